The minimum absolute atomic E-state index is 0.0694. The zero-order chi connectivity index (χ0) is 22.8. The molecular formula is C21H21N7O2S2. The van der Waals surface area contributed by atoms with Crippen molar-refractivity contribution in [2.45, 2.75) is 30.4 Å². The summed E-state index contributed by atoms with van der Waals surface area (Å²) in [4.78, 5) is 38.7. The molecule has 0 fully saturated rings. The second kappa shape index (κ2) is 9.05. The van der Waals surface area contributed by atoms with Crippen LogP contribution in [0, 0.1) is 13.8 Å². The number of nitrogens with two attached hydrogens (primary N) is 1. The van der Waals surface area contributed by atoms with Gasteiger partial charge >= 0.3 is 5.97 Å². The number of hydrogen-bond donors (Lipinski definition) is 1. The first-order valence-electron chi connectivity index (χ1n) is 9.66. The van der Waals surface area contributed by atoms with Crippen molar-refractivity contribution >= 4 is 51.2 Å². The third-order valence-corrected chi connectivity index (χ3v) is 6.86. The standard InChI is InChI=1S/C21H21N7O2S2/c1-11-12(2)31-17-16(11)18(24-10-23-17)32-14-8-6-5-7-13(14)19(29)30-9-15-25-20(22)27-21(26-15)28(3)4/h5-8,10H,9H2,1-4H3,(H2,22,25,26,27). The first-order chi connectivity index (χ1) is 15.3. The maximum atomic E-state index is 12.9. The molecule has 2 N–H and O–H groups in total. The van der Waals surface area contributed by atoms with Crippen LogP contribution >= 0.6 is 23.1 Å². The highest BCUT2D eigenvalue weighted by molar-refractivity contribution is 7.99. The van der Waals surface area contributed by atoms with Crippen LogP contribution in [-0.2, 0) is 11.3 Å². The fourth-order valence-corrected chi connectivity index (χ4v) is 5.08. The Bertz CT molecular complexity index is 1310. The summed E-state index contributed by atoms with van der Waals surface area (Å²) in [7, 11) is 3.58. The molecule has 0 radical (unpaired) electrons. The molecule has 0 bridgehead atoms. The van der Waals surface area contributed by atoms with Crippen LogP contribution in [0.5, 0.6) is 0 Å². The fourth-order valence-electron chi connectivity index (χ4n) is 2.95. The average molecular weight is 468 g/mol. The number of thiophene rings is 1. The quantitative estimate of drug-likeness (QED) is 0.332. The largest absolute Gasteiger partial charge is 0.454 e. The van der Waals surface area contributed by atoms with E-state index in [0.717, 1.165) is 25.7 Å². The first kappa shape index (κ1) is 21.9. The number of carbonyl (C=O) groups is 1. The number of benzene rings is 1. The van der Waals surface area contributed by atoms with E-state index in [9.17, 15) is 4.79 Å². The minimum Gasteiger partial charge on any atom is -0.454 e. The van der Waals surface area contributed by atoms with Crippen LogP contribution in [0.15, 0.2) is 40.5 Å². The normalized spacial score (nSPS) is 11.0. The maximum Gasteiger partial charge on any atom is 0.339 e. The van der Waals surface area contributed by atoms with Crippen molar-refractivity contribution in [1.82, 2.24) is 24.9 Å². The van der Waals surface area contributed by atoms with Gasteiger partial charge in [0, 0.05) is 29.3 Å². The molecule has 0 unspecified atom stereocenters. The number of aryl methyl sites for hydroxylation is 2. The lowest BCUT2D eigenvalue weighted by Crippen LogP contribution is -2.17. The van der Waals surface area contributed by atoms with Gasteiger partial charge in [-0.1, -0.05) is 23.9 Å². The zero-order valence-corrected chi connectivity index (χ0v) is 19.6. The van der Waals surface area contributed by atoms with Crippen LogP contribution in [0.3, 0.4) is 0 Å². The highest BCUT2D eigenvalue weighted by Gasteiger charge is 2.18. The molecule has 32 heavy (non-hydrogen) atoms. The Hall–Kier alpha value is -3.31. The summed E-state index contributed by atoms with van der Waals surface area (Å²) in [5.74, 6) is 0.261. The minimum atomic E-state index is -0.484. The average Bonchev–Trinajstić information content (AvgIpc) is 3.06. The molecule has 164 valence electrons. The summed E-state index contributed by atoms with van der Waals surface area (Å²) in [5.41, 5.74) is 7.32. The Balaban J connectivity index is 1.57. The Morgan fingerprint density at radius 2 is 1.94 bits per heavy atom. The van der Waals surface area contributed by atoms with Crippen molar-refractivity contribution in [1.29, 1.82) is 0 Å². The number of ether oxygens (including phenoxy) is 1. The van der Waals surface area contributed by atoms with E-state index in [0.29, 0.717) is 11.5 Å². The van der Waals surface area contributed by atoms with Gasteiger partial charge in [0.25, 0.3) is 0 Å². The first-order valence-corrected chi connectivity index (χ1v) is 11.3. The number of nitrogens with zero attached hydrogens (tertiary/aromatic N) is 6. The van der Waals surface area contributed by atoms with Crippen LogP contribution in [0.4, 0.5) is 11.9 Å². The number of anilines is 2. The SMILES string of the molecule is Cc1sc2ncnc(Sc3ccccc3C(=O)OCc3nc(N)nc(N(C)C)n3)c2c1C. The number of nitrogen functional groups attached to an aromatic ring is 1. The van der Waals surface area contributed by atoms with Crippen molar-refractivity contribution in [2.24, 2.45) is 0 Å². The molecule has 0 aliphatic rings. The molecule has 0 aliphatic heterocycles. The molecule has 0 aliphatic carbocycles. The number of carbonyl (C=O) groups excluding carboxylic acids is 1. The van der Waals surface area contributed by atoms with E-state index in [-0.39, 0.29) is 18.4 Å². The van der Waals surface area contributed by atoms with Crippen LogP contribution in [-0.4, -0.2) is 45.0 Å². The number of rotatable bonds is 6. The summed E-state index contributed by atoms with van der Waals surface area (Å²) in [6, 6.07) is 7.26. The number of hydrogen-bond acceptors (Lipinski definition) is 11. The van der Waals surface area contributed by atoms with Crippen LogP contribution in [0.25, 0.3) is 10.2 Å². The Morgan fingerprint density at radius 1 is 1.16 bits per heavy atom. The topological polar surface area (TPSA) is 120 Å². The molecule has 4 aromatic rings. The summed E-state index contributed by atoms with van der Waals surface area (Å²) in [6.07, 6.45) is 1.55. The molecule has 3 heterocycles. The van der Waals surface area contributed by atoms with Crippen LogP contribution in [0.1, 0.15) is 26.6 Å². The summed E-state index contributed by atoms with van der Waals surface area (Å²) in [5, 5.41) is 1.82. The van der Waals surface area contributed by atoms with E-state index in [2.05, 4.69) is 38.8 Å². The third kappa shape index (κ3) is 4.48. The van der Waals surface area contributed by atoms with Gasteiger partial charge in [-0.05, 0) is 31.5 Å². The number of fused-ring (bicyclic) bond motifs is 1. The van der Waals surface area contributed by atoms with E-state index < -0.39 is 5.97 Å². The summed E-state index contributed by atoms with van der Waals surface area (Å²) >= 11 is 3.05. The van der Waals surface area contributed by atoms with Gasteiger partial charge < -0.3 is 15.4 Å². The van der Waals surface area contributed by atoms with E-state index in [1.54, 1.807) is 48.8 Å². The molecule has 9 nitrogen and oxygen atoms in total. The third-order valence-electron chi connectivity index (χ3n) is 4.66. The molecule has 0 amide bonds. The summed E-state index contributed by atoms with van der Waals surface area (Å²) < 4.78 is 5.49. The number of esters is 1. The van der Waals surface area contributed by atoms with Gasteiger partial charge in [0.15, 0.2) is 12.4 Å². The van der Waals surface area contributed by atoms with Gasteiger partial charge in [-0.25, -0.2) is 14.8 Å². The zero-order valence-electron chi connectivity index (χ0n) is 18.0. The second-order valence-corrected chi connectivity index (χ2v) is 9.35. The lowest BCUT2D eigenvalue weighted by molar-refractivity contribution is 0.0458. The molecule has 1 aromatic carbocycles. The van der Waals surface area contributed by atoms with Crippen molar-refractivity contribution < 1.29 is 9.53 Å². The smallest absolute Gasteiger partial charge is 0.339 e. The van der Waals surface area contributed by atoms with Crippen molar-refractivity contribution in [3.05, 3.63) is 52.4 Å². The maximum absolute atomic E-state index is 12.9. The molecule has 0 saturated carbocycles. The predicted octanol–water partition coefficient (Wildman–Crippen LogP) is 3.65. The fraction of sp³-hybridized carbons (Fsp3) is 0.238. The Kier molecular flexibility index (Phi) is 6.19. The van der Waals surface area contributed by atoms with Gasteiger partial charge in [0.05, 0.1) is 5.56 Å². The van der Waals surface area contributed by atoms with Crippen molar-refractivity contribution in [3.8, 4) is 0 Å². The van der Waals surface area contributed by atoms with Crippen LogP contribution in [0.2, 0.25) is 0 Å². The van der Waals surface area contributed by atoms with Crippen molar-refractivity contribution in [3.63, 3.8) is 0 Å². The summed E-state index contributed by atoms with van der Waals surface area (Å²) in [6.45, 7) is 4.01. The second-order valence-electron chi connectivity index (χ2n) is 7.12. The van der Waals surface area contributed by atoms with Crippen LogP contribution < -0.4 is 10.6 Å². The van der Waals surface area contributed by atoms with E-state index in [4.69, 9.17) is 10.5 Å². The van der Waals surface area contributed by atoms with Crippen molar-refractivity contribution in [2.75, 3.05) is 24.7 Å². The van der Waals surface area contributed by atoms with Gasteiger partial charge in [-0.3, -0.25) is 0 Å². The van der Waals surface area contributed by atoms with Gasteiger partial charge in [0.2, 0.25) is 11.9 Å². The molecule has 0 atom stereocenters. The van der Waals surface area contributed by atoms with Gasteiger partial charge in [0.1, 0.15) is 16.2 Å². The van der Waals surface area contributed by atoms with Gasteiger partial charge in [-0.15, -0.1) is 11.3 Å². The molecule has 0 saturated heterocycles. The predicted molar refractivity (Wildman–Crippen MR) is 125 cm³/mol. The van der Waals surface area contributed by atoms with E-state index >= 15 is 0 Å². The van der Waals surface area contributed by atoms with E-state index in [1.165, 1.54) is 16.6 Å². The highest BCUT2D eigenvalue weighted by Crippen LogP contribution is 2.38. The highest BCUT2D eigenvalue weighted by atomic mass is 32.2. The Morgan fingerprint density at radius 3 is 2.72 bits per heavy atom. The molecule has 3 aromatic heterocycles. The lowest BCUT2D eigenvalue weighted by Gasteiger charge is -2.12. The molecule has 0 spiro atoms. The monoisotopic (exact) mass is 467 g/mol. The van der Waals surface area contributed by atoms with E-state index in [1.807, 2.05) is 12.1 Å². The molecule has 4 rings (SSSR count). The number of aromatic nitrogens is 5. The van der Waals surface area contributed by atoms with Gasteiger partial charge in [-0.2, -0.15) is 15.0 Å². The molecule has 11 heteroatoms. The lowest BCUT2D eigenvalue weighted by atomic mass is 10.2. The molecular weight excluding hydrogens is 446 g/mol. The Labute approximate surface area is 193 Å².